The molecule has 0 fully saturated rings. The number of nitrogens with one attached hydrogen (secondary N) is 1. The monoisotopic (exact) mass is 508 g/mol. The molecule has 0 saturated heterocycles. The molecule has 2 aromatic carbocycles. The molecule has 3 aromatic heterocycles. The van der Waals surface area contributed by atoms with E-state index in [9.17, 15) is 18.0 Å². The zero-order chi connectivity index (χ0) is 26.7. The number of halogens is 3. The third kappa shape index (κ3) is 5.53. The minimum Gasteiger partial charge on any atom is -0.475 e. The van der Waals surface area contributed by atoms with E-state index in [0.29, 0.717) is 22.4 Å². The van der Waals surface area contributed by atoms with Gasteiger partial charge in [-0.15, -0.1) is 10.2 Å². The maximum atomic E-state index is 12.8. The van der Waals surface area contributed by atoms with Gasteiger partial charge in [-0.25, -0.2) is 9.78 Å². The summed E-state index contributed by atoms with van der Waals surface area (Å²) in [5.74, 6) is -2.17. The van der Waals surface area contributed by atoms with Crippen LogP contribution >= 0.6 is 0 Å². The molecule has 0 radical (unpaired) electrons. The summed E-state index contributed by atoms with van der Waals surface area (Å²) < 4.78 is 33.8. The first-order valence-electron chi connectivity index (χ1n) is 10.8. The first-order valence-corrected chi connectivity index (χ1v) is 10.8. The van der Waals surface area contributed by atoms with E-state index in [1.165, 1.54) is 0 Å². The van der Waals surface area contributed by atoms with E-state index in [-0.39, 0.29) is 5.91 Å². The van der Waals surface area contributed by atoms with Gasteiger partial charge in [0.15, 0.2) is 0 Å². The minimum atomic E-state index is -5.08. The van der Waals surface area contributed by atoms with Gasteiger partial charge in [-0.2, -0.15) is 13.2 Å². The average Bonchev–Trinajstić information content (AvgIpc) is 3.21. The van der Waals surface area contributed by atoms with E-state index in [4.69, 9.17) is 9.90 Å². The number of hydrogen-bond acceptors (Lipinski definition) is 6. The molecule has 188 valence electrons. The highest BCUT2D eigenvalue weighted by atomic mass is 19.4. The number of carboxylic acid groups (broad SMARTS) is 1. The van der Waals surface area contributed by atoms with Gasteiger partial charge >= 0.3 is 12.1 Å². The van der Waals surface area contributed by atoms with Crippen LogP contribution in [0.25, 0.3) is 27.8 Å². The molecule has 0 spiro atoms. The number of aromatic nitrogens is 5. The van der Waals surface area contributed by atoms with E-state index in [1.54, 1.807) is 12.3 Å². The van der Waals surface area contributed by atoms with Gasteiger partial charge in [0, 0.05) is 22.3 Å². The SMILES string of the molecule is Cc1ccc(NC(=O)c2ccc3nnc4nc(C)n(-c5ccccc5)c4c3c2)cn1.O=C(O)C(F)(F)F. The largest absolute Gasteiger partial charge is 0.490 e. The van der Waals surface area contributed by atoms with Crippen LogP contribution in [-0.4, -0.2) is 47.9 Å². The Bertz CT molecular complexity index is 1600. The van der Waals surface area contributed by atoms with Gasteiger partial charge in [-0.1, -0.05) is 18.2 Å². The fraction of sp³-hybridized carbons (Fsp3) is 0.120. The summed E-state index contributed by atoms with van der Waals surface area (Å²) >= 11 is 0. The summed E-state index contributed by atoms with van der Waals surface area (Å²) in [6, 6.07) is 19.0. The molecule has 0 aliphatic carbocycles. The number of benzene rings is 2. The molecular formula is C25H19F3N6O3. The first-order chi connectivity index (χ1) is 17.5. The highest BCUT2D eigenvalue weighted by Gasteiger charge is 2.38. The number of hydrogen-bond donors (Lipinski definition) is 2. The molecule has 0 atom stereocenters. The van der Waals surface area contributed by atoms with E-state index < -0.39 is 12.1 Å². The van der Waals surface area contributed by atoms with Crippen molar-refractivity contribution >= 4 is 39.6 Å². The number of rotatable bonds is 3. The molecule has 0 aliphatic heterocycles. The fourth-order valence-electron chi connectivity index (χ4n) is 3.52. The van der Waals surface area contributed by atoms with Crippen molar-refractivity contribution in [2.75, 3.05) is 5.32 Å². The Morgan fingerprint density at radius 3 is 2.30 bits per heavy atom. The van der Waals surface area contributed by atoms with Crippen LogP contribution in [0.5, 0.6) is 0 Å². The Kier molecular flexibility index (Phi) is 6.83. The molecule has 5 aromatic rings. The van der Waals surface area contributed by atoms with Crippen molar-refractivity contribution in [3.05, 3.63) is 83.9 Å². The van der Waals surface area contributed by atoms with Crippen LogP contribution in [0.3, 0.4) is 0 Å². The Morgan fingerprint density at radius 2 is 1.68 bits per heavy atom. The highest BCUT2D eigenvalue weighted by Crippen LogP contribution is 2.27. The second-order valence-electron chi connectivity index (χ2n) is 7.88. The van der Waals surface area contributed by atoms with Crippen LogP contribution in [0.15, 0.2) is 66.9 Å². The lowest BCUT2D eigenvalue weighted by Crippen LogP contribution is -2.21. The molecule has 0 bridgehead atoms. The Morgan fingerprint density at radius 1 is 0.973 bits per heavy atom. The number of aryl methyl sites for hydroxylation is 2. The summed E-state index contributed by atoms with van der Waals surface area (Å²) in [6.07, 6.45) is -3.44. The normalized spacial score (nSPS) is 11.2. The van der Waals surface area contributed by atoms with Crippen molar-refractivity contribution in [3.63, 3.8) is 0 Å². The molecule has 1 amide bonds. The summed E-state index contributed by atoms with van der Waals surface area (Å²) in [5.41, 5.74) is 5.12. The molecule has 12 heteroatoms. The minimum absolute atomic E-state index is 0.213. The number of carbonyl (C=O) groups is 2. The van der Waals surface area contributed by atoms with Crippen LogP contribution in [0.2, 0.25) is 0 Å². The number of carbonyl (C=O) groups excluding carboxylic acids is 1. The average molecular weight is 508 g/mol. The van der Waals surface area contributed by atoms with Crippen molar-refractivity contribution < 1.29 is 27.9 Å². The third-order valence-corrected chi connectivity index (χ3v) is 5.22. The number of imidazole rings is 1. The van der Waals surface area contributed by atoms with Gasteiger partial charge in [0.2, 0.25) is 5.65 Å². The van der Waals surface area contributed by atoms with Crippen LogP contribution < -0.4 is 5.32 Å². The number of para-hydroxylation sites is 1. The van der Waals surface area contributed by atoms with Crippen LogP contribution in [0, 0.1) is 13.8 Å². The summed E-state index contributed by atoms with van der Waals surface area (Å²) in [7, 11) is 0. The van der Waals surface area contributed by atoms with Gasteiger partial charge in [-0.05, 0) is 56.3 Å². The van der Waals surface area contributed by atoms with Crippen molar-refractivity contribution in [1.82, 2.24) is 24.7 Å². The van der Waals surface area contributed by atoms with Gasteiger partial charge in [0.25, 0.3) is 5.91 Å². The van der Waals surface area contributed by atoms with Gasteiger partial charge < -0.3 is 10.4 Å². The van der Waals surface area contributed by atoms with Crippen LogP contribution in [0.1, 0.15) is 21.9 Å². The van der Waals surface area contributed by atoms with E-state index in [2.05, 4.69) is 25.5 Å². The van der Waals surface area contributed by atoms with Crippen molar-refractivity contribution in [2.45, 2.75) is 20.0 Å². The Balaban J connectivity index is 0.000000405. The third-order valence-electron chi connectivity index (χ3n) is 5.22. The quantitative estimate of drug-likeness (QED) is 0.357. The van der Waals surface area contributed by atoms with Crippen molar-refractivity contribution in [3.8, 4) is 5.69 Å². The van der Waals surface area contributed by atoms with Gasteiger partial charge in [0.1, 0.15) is 11.3 Å². The second-order valence-corrected chi connectivity index (χ2v) is 7.88. The number of carboxylic acids is 1. The molecule has 5 rings (SSSR count). The molecule has 37 heavy (non-hydrogen) atoms. The lowest BCUT2D eigenvalue weighted by atomic mass is 10.1. The topological polar surface area (TPSA) is 123 Å². The van der Waals surface area contributed by atoms with Crippen LogP contribution in [-0.2, 0) is 4.79 Å². The van der Waals surface area contributed by atoms with E-state index in [1.807, 2.05) is 73.0 Å². The number of alkyl halides is 3. The molecule has 0 aliphatic rings. The Labute approximate surface area is 207 Å². The number of aliphatic carboxylic acids is 1. The summed E-state index contributed by atoms with van der Waals surface area (Å²) in [4.78, 5) is 30.5. The van der Waals surface area contributed by atoms with Crippen molar-refractivity contribution in [2.24, 2.45) is 0 Å². The maximum Gasteiger partial charge on any atom is 0.490 e. The number of pyridine rings is 1. The smallest absolute Gasteiger partial charge is 0.475 e. The molecule has 9 nitrogen and oxygen atoms in total. The predicted molar refractivity (Wildman–Crippen MR) is 130 cm³/mol. The van der Waals surface area contributed by atoms with E-state index >= 15 is 0 Å². The lowest BCUT2D eigenvalue weighted by Gasteiger charge is -2.09. The molecule has 0 saturated carbocycles. The summed E-state index contributed by atoms with van der Waals surface area (Å²) in [5, 5.41) is 19.4. The van der Waals surface area contributed by atoms with Crippen LogP contribution in [0.4, 0.5) is 18.9 Å². The Hall–Kier alpha value is -4.87. The maximum absolute atomic E-state index is 12.8. The highest BCUT2D eigenvalue weighted by molar-refractivity contribution is 6.09. The number of nitrogens with zero attached hydrogens (tertiary/aromatic N) is 5. The zero-order valence-electron chi connectivity index (χ0n) is 19.5. The molecule has 0 unspecified atom stereocenters. The number of anilines is 1. The standard InChI is InChI=1S/C23H18N6O.C2HF3O2/c1-14-8-10-17(13-24-14)26-23(30)16-9-11-20-19(12-16)21-22(28-27-20)25-15(2)29(21)18-6-4-3-5-7-18;3-2(4,5)1(6)7/h3-13H,1-2H3,(H,26,30);(H,6,7). The van der Waals surface area contributed by atoms with Gasteiger partial charge in [0.05, 0.1) is 17.4 Å². The fourth-order valence-corrected chi connectivity index (χ4v) is 3.52. The predicted octanol–water partition coefficient (Wildman–Crippen LogP) is 4.87. The number of amides is 1. The molecular weight excluding hydrogens is 489 g/mol. The summed E-state index contributed by atoms with van der Waals surface area (Å²) in [6.45, 7) is 3.83. The zero-order valence-corrected chi connectivity index (χ0v) is 19.5. The van der Waals surface area contributed by atoms with E-state index in [0.717, 1.165) is 28.1 Å². The molecule has 3 heterocycles. The number of fused-ring (bicyclic) bond motifs is 3. The van der Waals surface area contributed by atoms with Crippen molar-refractivity contribution in [1.29, 1.82) is 0 Å². The molecule has 2 N–H and O–H groups in total. The first kappa shape index (κ1) is 25.2. The van der Waals surface area contributed by atoms with Gasteiger partial charge in [-0.3, -0.25) is 14.3 Å². The lowest BCUT2D eigenvalue weighted by molar-refractivity contribution is -0.192. The second kappa shape index (κ2) is 10.0.